The Hall–Kier alpha value is -0.430. The summed E-state index contributed by atoms with van der Waals surface area (Å²) in [5.74, 6) is 0.0845. The van der Waals surface area contributed by atoms with E-state index in [1.54, 1.807) is 7.11 Å². The van der Waals surface area contributed by atoms with Crippen molar-refractivity contribution in [2.45, 2.75) is 24.1 Å². The number of halogens is 1. The van der Waals surface area contributed by atoms with Gasteiger partial charge in [-0.3, -0.25) is 0 Å². The van der Waals surface area contributed by atoms with Crippen molar-refractivity contribution < 1.29 is 13.2 Å². The van der Waals surface area contributed by atoms with Gasteiger partial charge in [-0.25, -0.2) is 13.1 Å². The molecule has 6 heteroatoms. The van der Waals surface area contributed by atoms with E-state index in [-0.39, 0.29) is 16.5 Å². The lowest BCUT2D eigenvalue weighted by molar-refractivity contribution is 0.199. The maximum Gasteiger partial charge on any atom is 0.212 e. The third-order valence-corrected chi connectivity index (χ3v) is 5.27. The van der Waals surface area contributed by atoms with Crippen LogP contribution in [0.3, 0.4) is 0 Å². The molecule has 0 amide bonds. The molecule has 1 N–H and O–H groups in total. The fourth-order valence-corrected chi connectivity index (χ4v) is 3.79. The second-order valence-electron chi connectivity index (χ2n) is 4.83. The summed E-state index contributed by atoms with van der Waals surface area (Å²) in [5.41, 5.74) is 1.04. The van der Waals surface area contributed by atoms with Crippen LogP contribution in [0.15, 0.2) is 30.3 Å². The van der Waals surface area contributed by atoms with Crippen molar-refractivity contribution in [2.24, 2.45) is 0 Å². The SMILES string of the molecule is COCC(Br)CCNS(=O)(=O)CC(C)c1ccccc1. The lowest BCUT2D eigenvalue weighted by atomic mass is 10.0. The van der Waals surface area contributed by atoms with E-state index in [1.165, 1.54) is 0 Å². The fraction of sp³-hybridized carbons (Fsp3) is 0.571. The Kier molecular flexibility index (Phi) is 7.72. The van der Waals surface area contributed by atoms with Gasteiger partial charge in [-0.05, 0) is 17.9 Å². The fourth-order valence-electron chi connectivity index (χ4n) is 1.90. The third-order valence-electron chi connectivity index (χ3n) is 2.97. The van der Waals surface area contributed by atoms with E-state index in [1.807, 2.05) is 37.3 Å². The minimum atomic E-state index is -3.25. The second-order valence-corrected chi connectivity index (χ2v) is 7.98. The molecular formula is C14H22BrNO3S. The van der Waals surface area contributed by atoms with Crippen LogP contribution in [0.4, 0.5) is 0 Å². The molecule has 114 valence electrons. The van der Waals surface area contributed by atoms with Crippen molar-refractivity contribution in [1.29, 1.82) is 0 Å². The summed E-state index contributed by atoms with van der Waals surface area (Å²) in [5, 5.41) is 0. The number of alkyl halides is 1. The number of hydrogen-bond donors (Lipinski definition) is 1. The molecule has 0 aliphatic rings. The highest BCUT2D eigenvalue weighted by atomic mass is 79.9. The van der Waals surface area contributed by atoms with E-state index >= 15 is 0 Å². The van der Waals surface area contributed by atoms with Crippen LogP contribution in [0.1, 0.15) is 24.8 Å². The topological polar surface area (TPSA) is 55.4 Å². The molecule has 1 aromatic rings. The van der Waals surface area contributed by atoms with Gasteiger partial charge in [0.15, 0.2) is 0 Å². The number of nitrogens with one attached hydrogen (secondary N) is 1. The molecule has 0 bridgehead atoms. The molecule has 2 unspecified atom stereocenters. The predicted octanol–water partition coefficient (Wildman–Crippen LogP) is 2.51. The Morgan fingerprint density at radius 1 is 1.30 bits per heavy atom. The molecule has 0 radical (unpaired) electrons. The van der Waals surface area contributed by atoms with Gasteiger partial charge in [-0.2, -0.15) is 0 Å². The van der Waals surface area contributed by atoms with Crippen molar-refractivity contribution in [3.8, 4) is 0 Å². The smallest absolute Gasteiger partial charge is 0.212 e. The first-order valence-corrected chi connectivity index (χ1v) is 9.16. The first-order chi connectivity index (χ1) is 9.44. The number of ether oxygens (including phenoxy) is 1. The van der Waals surface area contributed by atoms with Crippen LogP contribution in [0.25, 0.3) is 0 Å². The average molecular weight is 364 g/mol. The van der Waals surface area contributed by atoms with Crippen LogP contribution in [0, 0.1) is 0 Å². The Bertz CT molecular complexity index is 478. The van der Waals surface area contributed by atoms with Crippen molar-refractivity contribution in [2.75, 3.05) is 26.0 Å². The Morgan fingerprint density at radius 3 is 2.55 bits per heavy atom. The molecule has 4 nitrogen and oxygen atoms in total. The van der Waals surface area contributed by atoms with Crippen molar-refractivity contribution >= 4 is 26.0 Å². The van der Waals surface area contributed by atoms with E-state index in [4.69, 9.17) is 4.74 Å². The zero-order chi connectivity index (χ0) is 15.0. The summed E-state index contributed by atoms with van der Waals surface area (Å²) in [6.45, 7) is 2.91. The molecule has 1 aromatic carbocycles. The van der Waals surface area contributed by atoms with Crippen LogP contribution in [0.2, 0.25) is 0 Å². The number of hydrogen-bond acceptors (Lipinski definition) is 3. The van der Waals surface area contributed by atoms with Gasteiger partial charge in [-0.1, -0.05) is 53.2 Å². The van der Waals surface area contributed by atoms with Gasteiger partial charge < -0.3 is 4.74 Å². The molecule has 0 saturated heterocycles. The second kappa shape index (κ2) is 8.77. The Balaban J connectivity index is 2.42. The first-order valence-electron chi connectivity index (χ1n) is 6.60. The third kappa shape index (κ3) is 6.83. The maximum atomic E-state index is 12.0. The molecule has 0 heterocycles. The zero-order valence-corrected chi connectivity index (χ0v) is 14.3. The number of methoxy groups -OCH3 is 1. The molecule has 1 rings (SSSR count). The molecule has 0 aliphatic heterocycles. The van der Waals surface area contributed by atoms with Gasteiger partial charge in [0.25, 0.3) is 0 Å². The van der Waals surface area contributed by atoms with E-state index < -0.39 is 10.0 Å². The van der Waals surface area contributed by atoms with Crippen LogP contribution in [-0.2, 0) is 14.8 Å². The monoisotopic (exact) mass is 363 g/mol. The van der Waals surface area contributed by atoms with E-state index in [9.17, 15) is 8.42 Å². The summed E-state index contributed by atoms with van der Waals surface area (Å²) >= 11 is 3.43. The van der Waals surface area contributed by atoms with Gasteiger partial charge in [0, 0.05) is 18.5 Å². The van der Waals surface area contributed by atoms with Crippen LogP contribution >= 0.6 is 15.9 Å². The van der Waals surface area contributed by atoms with Gasteiger partial charge in [-0.15, -0.1) is 0 Å². The first kappa shape index (κ1) is 17.6. The molecule has 0 fully saturated rings. The van der Waals surface area contributed by atoms with Crippen molar-refractivity contribution in [3.05, 3.63) is 35.9 Å². The van der Waals surface area contributed by atoms with Gasteiger partial charge in [0.05, 0.1) is 12.4 Å². The standard InChI is InChI=1S/C14H22BrNO3S/c1-12(13-6-4-3-5-7-13)11-20(17,18)16-9-8-14(15)10-19-2/h3-7,12,14,16H,8-11H2,1-2H3. The minimum Gasteiger partial charge on any atom is -0.384 e. The average Bonchev–Trinajstić information content (AvgIpc) is 2.39. The minimum absolute atomic E-state index is 0.0209. The van der Waals surface area contributed by atoms with Crippen LogP contribution in [-0.4, -0.2) is 39.3 Å². The van der Waals surface area contributed by atoms with E-state index in [2.05, 4.69) is 20.7 Å². The van der Waals surface area contributed by atoms with Crippen LogP contribution < -0.4 is 4.72 Å². The highest BCUT2D eigenvalue weighted by Crippen LogP contribution is 2.16. The maximum absolute atomic E-state index is 12.0. The lowest BCUT2D eigenvalue weighted by Gasteiger charge is -2.14. The molecule has 0 saturated carbocycles. The highest BCUT2D eigenvalue weighted by Gasteiger charge is 2.17. The molecule has 20 heavy (non-hydrogen) atoms. The van der Waals surface area contributed by atoms with Gasteiger partial charge in [0.1, 0.15) is 0 Å². The summed E-state index contributed by atoms with van der Waals surface area (Å²) in [7, 11) is -1.63. The Labute approximate surface area is 130 Å². The Morgan fingerprint density at radius 2 is 1.95 bits per heavy atom. The van der Waals surface area contributed by atoms with Crippen LogP contribution in [0.5, 0.6) is 0 Å². The largest absolute Gasteiger partial charge is 0.384 e. The predicted molar refractivity (Wildman–Crippen MR) is 85.9 cm³/mol. The quantitative estimate of drug-likeness (QED) is 0.685. The number of rotatable bonds is 9. The molecule has 0 spiro atoms. The summed E-state index contributed by atoms with van der Waals surface area (Å²) in [4.78, 5) is 0.168. The molecule has 0 aromatic heterocycles. The number of benzene rings is 1. The summed E-state index contributed by atoms with van der Waals surface area (Å²) in [6.07, 6.45) is 0.701. The summed E-state index contributed by atoms with van der Waals surface area (Å²) < 4.78 is 31.6. The van der Waals surface area contributed by atoms with E-state index in [0.717, 1.165) is 5.56 Å². The normalized spacial score (nSPS) is 14.9. The lowest BCUT2D eigenvalue weighted by Crippen LogP contribution is -2.31. The number of sulfonamides is 1. The molecular weight excluding hydrogens is 342 g/mol. The molecule has 0 aliphatic carbocycles. The van der Waals surface area contributed by atoms with E-state index in [0.29, 0.717) is 19.6 Å². The van der Waals surface area contributed by atoms with Gasteiger partial charge in [0.2, 0.25) is 10.0 Å². The zero-order valence-electron chi connectivity index (χ0n) is 11.9. The van der Waals surface area contributed by atoms with Crippen molar-refractivity contribution in [3.63, 3.8) is 0 Å². The van der Waals surface area contributed by atoms with Crippen molar-refractivity contribution in [1.82, 2.24) is 4.72 Å². The highest BCUT2D eigenvalue weighted by molar-refractivity contribution is 9.09. The van der Waals surface area contributed by atoms with Gasteiger partial charge >= 0.3 is 0 Å². The summed E-state index contributed by atoms with van der Waals surface area (Å²) in [6, 6.07) is 9.67. The molecule has 2 atom stereocenters.